The van der Waals surface area contributed by atoms with E-state index in [1.165, 1.54) is 12.1 Å². The average Bonchev–Trinajstić information content (AvgIpc) is 2.73. The number of aryl methyl sites for hydroxylation is 1. The van der Waals surface area contributed by atoms with Crippen LogP contribution in [-0.4, -0.2) is 36.1 Å². The van der Waals surface area contributed by atoms with Gasteiger partial charge in [-0.25, -0.2) is 9.37 Å². The lowest BCUT2D eigenvalue weighted by Gasteiger charge is -2.11. The Hall–Kier alpha value is -3.68. The Morgan fingerprint density at radius 1 is 1.03 bits per heavy atom. The van der Waals surface area contributed by atoms with E-state index in [-0.39, 0.29) is 18.1 Å². The van der Waals surface area contributed by atoms with Crippen molar-refractivity contribution in [2.24, 2.45) is 0 Å². The number of halogens is 1. The highest BCUT2D eigenvalue weighted by Crippen LogP contribution is 2.19. The maximum atomic E-state index is 12.9. The molecule has 1 amide bonds. The van der Waals surface area contributed by atoms with Crippen molar-refractivity contribution in [3.05, 3.63) is 71.7 Å². The van der Waals surface area contributed by atoms with Crippen molar-refractivity contribution >= 4 is 23.4 Å². The minimum absolute atomic E-state index is 0.129. The van der Waals surface area contributed by atoms with Gasteiger partial charge in [0.2, 0.25) is 11.9 Å². The van der Waals surface area contributed by atoms with Crippen molar-refractivity contribution < 1.29 is 13.9 Å². The van der Waals surface area contributed by atoms with Gasteiger partial charge in [0.15, 0.2) is 0 Å². The third-order valence-electron chi connectivity index (χ3n) is 4.22. The minimum Gasteiger partial charge on any atom is -0.497 e. The van der Waals surface area contributed by atoms with Gasteiger partial charge in [-0.15, -0.1) is 0 Å². The fourth-order valence-electron chi connectivity index (χ4n) is 2.76. The second-order valence-corrected chi connectivity index (χ2v) is 6.65. The Balaban J connectivity index is 1.47. The van der Waals surface area contributed by atoms with E-state index in [0.717, 1.165) is 22.7 Å². The summed E-state index contributed by atoms with van der Waals surface area (Å²) in [4.78, 5) is 20.8. The summed E-state index contributed by atoms with van der Waals surface area (Å²) in [5.41, 5.74) is 2.45. The number of rotatable bonds is 9. The second kappa shape index (κ2) is 10.2. The maximum absolute atomic E-state index is 12.9. The zero-order valence-corrected chi connectivity index (χ0v) is 16.9. The largest absolute Gasteiger partial charge is 0.497 e. The summed E-state index contributed by atoms with van der Waals surface area (Å²) in [6.07, 6.45) is 0.206. The molecule has 30 heavy (non-hydrogen) atoms. The van der Waals surface area contributed by atoms with Crippen LogP contribution in [0.4, 0.5) is 21.8 Å². The van der Waals surface area contributed by atoms with Crippen molar-refractivity contribution in [3.63, 3.8) is 0 Å². The topological polar surface area (TPSA) is 88.2 Å². The lowest BCUT2D eigenvalue weighted by atomic mass is 10.1. The van der Waals surface area contributed by atoms with E-state index in [4.69, 9.17) is 4.74 Å². The monoisotopic (exact) mass is 409 g/mol. The highest BCUT2D eigenvalue weighted by atomic mass is 19.1. The van der Waals surface area contributed by atoms with Gasteiger partial charge in [0.25, 0.3) is 0 Å². The van der Waals surface area contributed by atoms with Gasteiger partial charge in [-0.1, -0.05) is 12.1 Å². The van der Waals surface area contributed by atoms with E-state index in [2.05, 4.69) is 25.9 Å². The number of anilines is 3. The molecule has 0 aliphatic carbocycles. The molecule has 1 aromatic heterocycles. The molecule has 1 heterocycles. The number of amides is 1. The summed E-state index contributed by atoms with van der Waals surface area (Å²) < 4.78 is 18.1. The molecule has 156 valence electrons. The fourth-order valence-corrected chi connectivity index (χ4v) is 2.76. The molecule has 0 aliphatic heterocycles. The van der Waals surface area contributed by atoms with Gasteiger partial charge in [-0.2, -0.15) is 4.98 Å². The van der Waals surface area contributed by atoms with Crippen LogP contribution >= 0.6 is 0 Å². The van der Waals surface area contributed by atoms with Gasteiger partial charge in [0.1, 0.15) is 17.4 Å². The van der Waals surface area contributed by atoms with E-state index in [1.807, 2.05) is 37.3 Å². The van der Waals surface area contributed by atoms with Crippen LogP contribution in [0.15, 0.2) is 54.6 Å². The van der Waals surface area contributed by atoms with Crippen LogP contribution in [0.2, 0.25) is 0 Å². The summed E-state index contributed by atoms with van der Waals surface area (Å²) in [6.45, 7) is 2.77. The first kappa shape index (κ1) is 21.0. The number of hydrogen-bond acceptors (Lipinski definition) is 6. The summed E-state index contributed by atoms with van der Waals surface area (Å²) in [5.74, 6) is 1.47. The molecular formula is C22H24FN5O2. The zero-order chi connectivity index (χ0) is 21.3. The van der Waals surface area contributed by atoms with Crippen molar-refractivity contribution in [2.75, 3.05) is 30.8 Å². The fraction of sp³-hybridized carbons (Fsp3) is 0.227. The summed E-state index contributed by atoms with van der Waals surface area (Å²) in [7, 11) is 1.62. The Bertz CT molecular complexity index is 978. The predicted molar refractivity (Wildman–Crippen MR) is 115 cm³/mol. The summed E-state index contributed by atoms with van der Waals surface area (Å²) in [5, 5.41) is 9.16. The molecule has 0 unspecified atom stereocenters. The molecule has 8 heteroatoms. The number of carbonyl (C=O) groups is 1. The number of nitrogens with zero attached hydrogens (tertiary/aromatic N) is 2. The Labute approximate surface area is 174 Å². The van der Waals surface area contributed by atoms with Crippen LogP contribution in [0.25, 0.3) is 0 Å². The smallest absolute Gasteiger partial charge is 0.224 e. The first-order valence-electron chi connectivity index (χ1n) is 9.53. The molecule has 3 N–H and O–H groups in total. The van der Waals surface area contributed by atoms with Gasteiger partial charge in [0.05, 0.1) is 13.5 Å². The summed E-state index contributed by atoms with van der Waals surface area (Å²) in [6, 6.07) is 15.3. The van der Waals surface area contributed by atoms with Crippen molar-refractivity contribution in [1.29, 1.82) is 0 Å². The van der Waals surface area contributed by atoms with Crippen LogP contribution < -0.4 is 20.7 Å². The van der Waals surface area contributed by atoms with E-state index in [0.29, 0.717) is 24.9 Å². The quantitative estimate of drug-likeness (QED) is 0.469. The molecule has 0 aliphatic rings. The van der Waals surface area contributed by atoms with E-state index in [1.54, 1.807) is 19.2 Å². The molecular weight excluding hydrogens is 385 g/mol. The Morgan fingerprint density at radius 3 is 2.47 bits per heavy atom. The number of ether oxygens (including phenoxy) is 1. The maximum Gasteiger partial charge on any atom is 0.224 e. The minimum atomic E-state index is -0.317. The molecule has 0 bridgehead atoms. The number of hydrogen-bond donors (Lipinski definition) is 3. The van der Waals surface area contributed by atoms with Gasteiger partial charge in [0, 0.05) is 30.5 Å². The number of methoxy groups -OCH3 is 1. The molecule has 0 saturated carbocycles. The number of benzene rings is 2. The van der Waals surface area contributed by atoms with Gasteiger partial charge >= 0.3 is 0 Å². The third kappa shape index (κ3) is 6.44. The molecule has 0 radical (unpaired) electrons. The summed E-state index contributed by atoms with van der Waals surface area (Å²) >= 11 is 0. The highest BCUT2D eigenvalue weighted by Gasteiger charge is 2.05. The molecule has 2 aromatic carbocycles. The lowest BCUT2D eigenvalue weighted by molar-refractivity contribution is -0.120. The van der Waals surface area contributed by atoms with E-state index in [9.17, 15) is 9.18 Å². The SMILES string of the molecule is COc1ccc(Nc2cc(C)nc(NCCNC(=O)Cc3ccc(F)cc3)n2)cc1. The third-order valence-corrected chi connectivity index (χ3v) is 4.22. The van der Waals surface area contributed by atoms with E-state index >= 15 is 0 Å². The average molecular weight is 409 g/mol. The van der Waals surface area contributed by atoms with Crippen LogP contribution in [0.5, 0.6) is 5.75 Å². The van der Waals surface area contributed by atoms with Crippen LogP contribution in [-0.2, 0) is 11.2 Å². The first-order valence-corrected chi connectivity index (χ1v) is 9.53. The second-order valence-electron chi connectivity index (χ2n) is 6.65. The molecule has 3 aromatic rings. The Morgan fingerprint density at radius 2 is 1.77 bits per heavy atom. The molecule has 0 saturated heterocycles. The van der Waals surface area contributed by atoms with E-state index < -0.39 is 0 Å². The lowest BCUT2D eigenvalue weighted by Crippen LogP contribution is -2.30. The number of nitrogens with one attached hydrogen (secondary N) is 3. The van der Waals surface area contributed by atoms with Crippen molar-refractivity contribution in [1.82, 2.24) is 15.3 Å². The van der Waals surface area contributed by atoms with Gasteiger partial charge < -0.3 is 20.7 Å². The first-order chi connectivity index (χ1) is 14.5. The predicted octanol–water partition coefficient (Wildman–Crippen LogP) is 3.45. The Kier molecular flexibility index (Phi) is 7.15. The molecule has 0 spiro atoms. The standard InChI is InChI=1S/C22H24FN5O2/c1-15-13-20(27-18-7-9-19(30-2)10-8-18)28-22(26-15)25-12-11-24-21(29)14-16-3-5-17(23)6-4-16/h3-10,13H,11-12,14H2,1-2H3,(H,24,29)(H2,25,26,27,28). The van der Waals surface area contributed by atoms with Crippen LogP contribution in [0.1, 0.15) is 11.3 Å². The molecule has 0 fully saturated rings. The van der Waals surface area contributed by atoms with Crippen LogP contribution in [0, 0.1) is 12.7 Å². The van der Waals surface area contributed by atoms with Crippen molar-refractivity contribution in [2.45, 2.75) is 13.3 Å². The van der Waals surface area contributed by atoms with Crippen LogP contribution in [0.3, 0.4) is 0 Å². The normalized spacial score (nSPS) is 10.4. The molecule has 3 rings (SSSR count). The van der Waals surface area contributed by atoms with Gasteiger partial charge in [-0.05, 0) is 48.9 Å². The van der Waals surface area contributed by atoms with Crippen molar-refractivity contribution in [3.8, 4) is 5.75 Å². The molecule has 0 atom stereocenters. The molecule has 7 nitrogen and oxygen atoms in total. The number of carbonyl (C=O) groups excluding carboxylic acids is 1. The number of aromatic nitrogens is 2. The highest BCUT2D eigenvalue weighted by molar-refractivity contribution is 5.78. The van der Waals surface area contributed by atoms with Gasteiger partial charge in [-0.3, -0.25) is 4.79 Å². The zero-order valence-electron chi connectivity index (χ0n) is 16.9.